The van der Waals surface area contributed by atoms with Gasteiger partial charge in [-0.3, -0.25) is 0 Å². The molecule has 0 atom stereocenters. The first-order valence-electron chi connectivity index (χ1n) is 11.1. The maximum Gasteiger partial charge on any atom is 0.252 e. The van der Waals surface area contributed by atoms with Gasteiger partial charge in [-0.05, 0) is 32.1 Å². The summed E-state index contributed by atoms with van der Waals surface area (Å²) in [6.07, 6.45) is 27.8. The van der Waals surface area contributed by atoms with Gasteiger partial charge in [-0.2, -0.15) is 4.57 Å². The topological polar surface area (TPSA) is 13.1 Å². The Morgan fingerprint density at radius 3 is 1.78 bits per heavy atom. The SMILES string of the molecule is CCCCCCCCC=CCCCCCCCCOC[n+]1ccccc1.[Br-]. The fourth-order valence-corrected chi connectivity index (χ4v) is 3.14. The number of aromatic nitrogens is 1. The molecule has 0 saturated carbocycles. The van der Waals surface area contributed by atoms with Gasteiger partial charge in [0.2, 0.25) is 0 Å². The molecule has 27 heavy (non-hydrogen) atoms. The van der Waals surface area contributed by atoms with E-state index in [9.17, 15) is 0 Å². The number of unbranched alkanes of at least 4 members (excludes halogenated alkanes) is 12. The van der Waals surface area contributed by atoms with Crippen LogP contribution in [0.5, 0.6) is 0 Å². The lowest BCUT2D eigenvalue weighted by Crippen LogP contribution is -3.00. The summed E-state index contributed by atoms with van der Waals surface area (Å²) < 4.78 is 7.76. The molecule has 0 fully saturated rings. The number of nitrogens with zero attached hydrogens (tertiary/aromatic N) is 1. The van der Waals surface area contributed by atoms with Crippen LogP contribution in [0.1, 0.15) is 96.8 Å². The number of allylic oxidation sites excluding steroid dienone is 2. The highest BCUT2D eigenvalue weighted by molar-refractivity contribution is 4.83. The van der Waals surface area contributed by atoms with Gasteiger partial charge in [-0.1, -0.05) is 82.9 Å². The van der Waals surface area contributed by atoms with Crippen LogP contribution in [-0.2, 0) is 11.5 Å². The summed E-state index contributed by atoms with van der Waals surface area (Å²) in [4.78, 5) is 0. The van der Waals surface area contributed by atoms with Gasteiger partial charge < -0.3 is 21.7 Å². The molecule has 0 bridgehead atoms. The predicted molar refractivity (Wildman–Crippen MR) is 112 cm³/mol. The molecule has 0 aliphatic heterocycles. The second-order valence-electron chi connectivity index (χ2n) is 7.36. The van der Waals surface area contributed by atoms with Gasteiger partial charge in [0, 0.05) is 12.1 Å². The van der Waals surface area contributed by atoms with Crippen molar-refractivity contribution in [1.29, 1.82) is 0 Å². The van der Waals surface area contributed by atoms with Crippen LogP contribution in [0, 0.1) is 0 Å². The largest absolute Gasteiger partial charge is 1.00 e. The van der Waals surface area contributed by atoms with Crippen molar-refractivity contribution in [1.82, 2.24) is 0 Å². The van der Waals surface area contributed by atoms with Crippen molar-refractivity contribution in [2.24, 2.45) is 0 Å². The third kappa shape index (κ3) is 18.5. The molecule has 0 aliphatic carbocycles. The summed E-state index contributed by atoms with van der Waals surface area (Å²) in [7, 11) is 0. The quantitative estimate of drug-likeness (QED) is 0.191. The molecule has 3 heteroatoms. The van der Waals surface area contributed by atoms with Gasteiger partial charge in [0.1, 0.15) is 0 Å². The Kier molecular flexibility index (Phi) is 21.1. The van der Waals surface area contributed by atoms with Crippen molar-refractivity contribution in [2.75, 3.05) is 6.61 Å². The molecule has 0 radical (unpaired) electrons. The van der Waals surface area contributed by atoms with Gasteiger partial charge in [0.05, 0.1) is 6.61 Å². The third-order valence-electron chi connectivity index (χ3n) is 4.82. The van der Waals surface area contributed by atoms with Crippen molar-refractivity contribution < 1.29 is 26.3 Å². The predicted octanol–water partition coefficient (Wildman–Crippen LogP) is 3.99. The zero-order valence-electron chi connectivity index (χ0n) is 17.6. The molecule has 0 N–H and O–H groups in total. The first-order chi connectivity index (χ1) is 12.9. The van der Waals surface area contributed by atoms with Crippen LogP contribution in [-0.4, -0.2) is 6.61 Å². The Labute approximate surface area is 179 Å². The number of halogens is 1. The second-order valence-corrected chi connectivity index (χ2v) is 7.36. The van der Waals surface area contributed by atoms with E-state index >= 15 is 0 Å². The minimum absolute atomic E-state index is 0. The van der Waals surface area contributed by atoms with Gasteiger partial charge >= 0.3 is 0 Å². The smallest absolute Gasteiger partial charge is 0.252 e. The Hall–Kier alpha value is -0.670. The second kappa shape index (κ2) is 21.6. The van der Waals surface area contributed by atoms with Crippen LogP contribution in [0.3, 0.4) is 0 Å². The summed E-state index contributed by atoms with van der Waals surface area (Å²) in [5.74, 6) is 0. The fraction of sp³-hybridized carbons (Fsp3) is 0.708. The molecule has 0 aliphatic rings. The maximum absolute atomic E-state index is 5.69. The molecule has 0 amide bonds. The highest BCUT2D eigenvalue weighted by Gasteiger charge is 1.97. The zero-order chi connectivity index (χ0) is 18.5. The van der Waals surface area contributed by atoms with Gasteiger partial charge in [0.25, 0.3) is 6.73 Å². The Morgan fingerprint density at radius 1 is 0.667 bits per heavy atom. The first kappa shape index (κ1) is 26.3. The standard InChI is InChI=1S/C24H42NO.BrH/c1-2-3-4-5-6-7-8-9-10-11-12-13-14-15-16-20-23-26-24-25-21-18-17-19-22-25;/h9-10,17-19,21-22H,2-8,11-16,20,23-24H2,1H3;1H/q+1;/p-1. The molecular weight excluding hydrogens is 398 g/mol. The van der Waals surface area contributed by atoms with Crippen molar-refractivity contribution in [3.05, 3.63) is 42.7 Å². The molecule has 1 heterocycles. The normalized spacial score (nSPS) is 11.0. The van der Waals surface area contributed by atoms with E-state index in [1.807, 2.05) is 30.6 Å². The minimum Gasteiger partial charge on any atom is -1.00 e. The zero-order valence-corrected chi connectivity index (χ0v) is 19.2. The highest BCUT2D eigenvalue weighted by atomic mass is 79.9. The van der Waals surface area contributed by atoms with Crippen LogP contribution in [0.15, 0.2) is 42.7 Å². The van der Waals surface area contributed by atoms with E-state index in [-0.39, 0.29) is 17.0 Å². The van der Waals surface area contributed by atoms with Crippen molar-refractivity contribution >= 4 is 0 Å². The number of pyridine rings is 1. The third-order valence-corrected chi connectivity index (χ3v) is 4.82. The summed E-state index contributed by atoms with van der Waals surface area (Å²) >= 11 is 0. The van der Waals surface area contributed by atoms with Gasteiger partial charge in [0.15, 0.2) is 12.4 Å². The number of ether oxygens (including phenoxy) is 1. The lowest BCUT2D eigenvalue weighted by atomic mass is 10.1. The van der Waals surface area contributed by atoms with E-state index < -0.39 is 0 Å². The molecule has 1 aromatic heterocycles. The van der Waals surface area contributed by atoms with Crippen molar-refractivity contribution in [3.8, 4) is 0 Å². The van der Waals surface area contributed by atoms with Crippen LogP contribution in [0.2, 0.25) is 0 Å². The average molecular weight is 441 g/mol. The molecule has 0 aromatic carbocycles. The molecular formula is C24H42BrNO. The van der Waals surface area contributed by atoms with E-state index in [4.69, 9.17) is 4.74 Å². The van der Waals surface area contributed by atoms with Crippen LogP contribution in [0.25, 0.3) is 0 Å². The summed E-state index contributed by atoms with van der Waals surface area (Å²) in [5, 5.41) is 0. The molecule has 1 rings (SSSR count). The van der Waals surface area contributed by atoms with Crippen LogP contribution >= 0.6 is 0 Å². The number of hydrogen-bond donors (Lipinski definition) is 0. The van der Waals surface area contributed by atoms with E-state index in [1.54, 1.807) is 0 Å². The van der Waals surface area contributed by atoms with Crippen LogP contribution in [0.4, 0.5) is 0 Å². The minimum atomic E-state index is 0. The number of rotatable bonds is 18. The molecule has 156 valence electrons. The van der Waals surface area contributed by atoms with E-state index in [0.29, 0.717) is 6.73 Å². The summed E-state index contributed by atoms with van der Waals surface area (Å²) in [5.41, 5.74) is 0. The summed E-state index contributed by atoms with van der Waals surface area (Å²) in [6.45, 7) is 3.83. The van der Waals surface area contributed by atoms with E-state index in [0.717, 1.165) is 6.61 Å². The first-order valence-corrected chi connectivity index (χ1v) is 11.1. The Balaban J connectivity index is 0.00000676. The van der Waals surface area contributed by atoms with Gasteiger partial charge in [-0.25, -0.2) is 0 Å². The van der Waals surface area contributed by atoms with E-state index in [1.165, 1.54) is 89.9 Å². The average Bonchev–Trinajstić information content (AvgIpc) is 2.68. The highest BCUT2D eigenvalue weighted by Crippen LogP contribution is 2.09. The van der Waals surface area contributed by atoms with Crippen molar-refractivity contribution in [3.63, 3.8) is 0 Å². The fourth-order valence-electron chi connectivity index (χ4n) is 3.14. The monoisotopic (exact) mass is 439 g/mol. The molecule has 0 unspecified atom stereocenters. The van der Waals surface area contributed by atoms with Crippen molar-refractivity contribution in [2.45, 2.75) is 104 Å². The summed E-state index contributed by atoms with van der Waals surface area (Å²) in [6, 6.07) is 6.10. The molecule has 0 saturated heterocycles. The Morgan fingerprint density at radius 2 is 1.19 bits per heavy atom. The lowest BCUT2D eigenvalue weighted by molar-refractivity contribution is -0.732. The number of hydrogen-bond acceptors (Lipinski definition) is 1. The molecule has 2 nitrogen and oxygen atoms in total. The molecule has 1 aromatic rings. The molecule has 0 spiro atoms. The Bertz CT molecular complexity index is 422. The maximum atomic E-state index is 5.69. The van der Waals surface area contributed by atoms with Crippen LogP contribution < -0.4 is 21.5 Å². The van der Waals surface area contributed by atoms with E-state index in [2.05, 4.69) is 23.6 Å². The van der Waals surface area contributed by atoms with Gasteiger partial charge in [-0.15, -0.1) is 0 Å². The lowest BCUT2D eigenvalue weighted by Gasteiger charge is -2.02.